The number of aromatic nitrogens is 2. The number of pyridine rings is 2. The Labute approximate surface area is 244 Å². The third kappa shape index (κ3) is 4.18. The molecule has 1 N–H and O–H groups in total. The first-order valence-electron chi connectivity index (χ1n) is 14.4. The average molecular weight is 577 g/mol. The van der Waals surface area contributed by atoms with E-state index >= 15 is 0 Å². The largest absolute Gasteiger partial charge is 0.463 e. The number of carbonyl (C=O) groups excluding carboxylic acids is 3. The summed E-state index contributed by atoms with van der Waals surface area (Å²) in [4.78, 5) is 47.6. The van der Waals surface area contributed by atoms with Crippen molar-refractivity contribution in [3.05, 3.63) is 71.8 Å². The minimum atomic E-state index is -1.75. The Hall–Kier alpha value is -3.63. The second kappa shape index (κ2) is 10.3. The van der Waals surface area contributed by atoms with Crippen LogP contribution in [0.15, 0.2) is 60.7 Å². The molecule has 10 nitrogen and oxygen atoms in total. The van der Waals surface area contributed by atoms with E-state index < -0.39 is 58.8 Å². The molecule has 222 valence electrons. The van der Waals surface area contributed by atoms with Crippen LogP contribution < -0.4 is 0 Å². The number of fused-ring (bicyclic) bond motifs is 2. The monoisotopic (exact) mass is 576 g/mol. The lowest BCUT2D eigenvalue weighted by molar-refractivity contribution is -0.291. The SMILES string of the molecule is CC1=CCC[C@H]2C1(C)[C@@H](OC(=O)c1cccnc1)C(OC(=O)c1cccnc1)[C@](C)(O)[C@]2(C)[C@@H]1CC2COC(=O)C2O1. The molecule has 2 aromatic rings. The summed E-state index contributed by atoms with van der Waals surface area (Å²) in [6, 6.07) is 6.44. The Balaban J connectivity index is 1.47. The predicted molar refractivity (Wildman–Crippen MR) is 148 cm³/mol. The zero-order valence-electron chi connectivity index (χ0n) is 24.2. The summed E-state index contributed by atoms with van der Waals surface area (Å²) < 4.78 is 24.1. The first kappa shape index (κ1) is 28.5. The maximum Gasteiger partial charge on any atom is 0.340 e. The fraction of sp³-hybridized carbons (Fsp3) is 0.531. The van der Waals surface area contributed by atoms with Gasteiger partial charge in [0.15, 0.2) is 18.3 Å². The van der Waals surface area contributed by atoms with Crippen LogP contribution in [0.1, 0.15) is 67.7 Å². The van der Waals surface area contributed by atoms with Crippen molar-refractivity contribution in [3.63, 3.8) is 0 Å². The summed E-state index contributed by atoms with van der Waals surface area (Å²) in [5, 5.41) is 12.7. The molecule has 3 fully saturated rings. The van der Waals surface area contributed by atoms with E-state index in [1.54, 1.807) is 43.6 Å². The Morgan fingerprint density at radius 1 is 1.00 bits per heavy atom. The van der Waals surface area contributed by atoms with Crippen LogP contribution in [0.2, 0.25) is 0 Å². The lowest BCUT2D eigenvalue weighted by atomic mass is 9.43. The second-order valence-corrected chi connectivity index (χ2v) is 12.5. The molecule has 0 aromatic carbocycles. The molecule has 2 aliphatic heterocycles. The quantitative estimate of drug-likeness (QED) is 0.319. The predicted octanol–water partition coefficient (Wildman–Crippen LogP) is 3.69. The number of hydrogen-bond donors (Lipinski definition) is 1. The van der Waals surface area contributed by atoms with Crippen molar-refractivity contribution < 1.29 is 38.4 Å². The molecule has 4 unspecified atom stereocenters. The van der Waals surface area contributed by atoms with Crippen molar-refractivity contribution >= 4 is 17.9 Å². The van der Waals surface area contributed by atoms with E-state index in [1.165, 1.54) is 12.4 Å². The Morgan fingerprint density at radius 2 is 1.62 bits per heavy atom. The molecule has 42 heavy (non-hydrogen) atoms. The van der Waals surface area contributed by atoms with Crippen molar-refractivity contribution in [1.82, 2.24) is 9.97 Å². The molecule has 10 heteroatoms. The molecule has 2 aliphatic carbocycles. The molecule has 0 radical (unpaired) electrons. The molecule has 2 saturated heterocycles. The number of ether oxygens (including phenoxy) is 4. The minimum absolute atomic E-state index is 0.126. The lowest BCUT2D eigenvalue weighted by Crippen LogP contribution is -2.75. The van der Waals surface area contributed by atoms with Crippen molar-refractivity contribution in [2.24, 2.45) is 22.7 Å². The van der Waals surface area contributed by atoms with Crippen molar-refractivity contribution in [1.29, 1.82) is 0 Å². The van der Waals surface area contributed by atoms with Crippen LogP contribution in [0.5, 0.6) is 0 Å². The highest BCUT2D eigenvalue weighted by atomic mass is 16.6. The van der Waals surface area contributed by atoms with Crippen LogP contribution >= 0.6 is 0 Å². The van der Waals surface area contributed by atoms with Gasteiger partial charge in [-0.1, -0.05) is 25.5 Å². The van der Waals surface area contributed by atoms with Gasteiger partial charge in [-0.05, 0) is 63.3 Å². The van der Waals surface area contributed by atoms with Crippen LogP contribution in [0.25, 0.3) is 0 Å². The van der Waals surface area contributed by atoms with Gasteiger partial charge in [-0.15, -0.1) is 0 Å². The fourth-order valence-corrected chi connectivity index (χ4v) is 7.92. The number of hydrogen-bond acceptors (Lipinski definition) is 10. The summed E-state index contributed by atoms with van der Waals surface area (Å²) in [5.41, 5.74) is -2.21. The first-order valence-corrected chi connectivity index (χ1v) is 14.4. The van der Waals surface area contributed by atoms with Gasteiger partial charge in [-0.3, -0.25) is 9.97 Å². The average Bonchev–Trinajstić information content (AvgIpc) is 3.58. The number of aliphatic hydroxyl groups is 1. The van der Waals surface area contributed by atoms with Gasteiger partial charge in [-0.25, -0.2) is 14.4 Å². The van der Waals surface area contributed by atoms with Gasteiger partial charge in [-0.2, -0.15) is 0 Å². The standard InChI is InChI=1S/C32H36N2O8/c1-18-8-5-11-22-30(18,2)25(41-27(35)19-9-6-12-33-15-19)26(42-28(36)20-10-7-13-34-16-20)32(4,38)31(22,3)23-14-21-17-39-29(37)24(21)40-23/h6-10,12-13,15-16,21-26,38H,5,11,14,17H2,1-4H3/t21?,22-,23-,24?,25-,26?,30?,31-,32-/m0/s1. The molecule has 4 heterocycles. The van der Waals surface area contributed by atoms with E-state index in [9.17, 15) is 19.5 Å². The highest BCUT2D eigenvalue weighted by Crippen LogP contribution is 2.66. The Bertz CT molecular complexity index is 1410. The number of rotatable bonds is 5. The number of allylic oxidation sites excluding steroid dienone is 1. The van der Waals surface area contributed by atoms with E-state index in [4.69, 9.17) is 18.9 Å². The summed E-state index contributed by atoms with van der Waals surface area (Å²) >= 11 is 0. The van der Waals surface area contributed by atoms with Gasteiger partial charge in [0.05, 0.1) is 23.8 Å². The van der Waals surface area contributed by atoms with E-state index in [1.807, 2.05) is 20.8 Å². The van der Waals surface area contributed by atoms with Crippen LogP contribution in [-0.2, 0) is 23.7 Å². The van der Waals surface area contributed by atoms with E-state index in [-0.39, 0.29) is 29.6 Å². The summed E-state index contributed by atoms with van der Waals surface area (Å²) in [7, 11) is 0. The van der Waals surface area contributed by atoms with Crippen LogP contribution in [-0.4, -0.2) is 69.6 Å². The van der Waals surface area contributed by atoms with Gasteiger partial charge < -0.3 is 24.1 Å². The first-order chi connectivity index (χ1) is 20.0. The number of nitrogens with zero attached hydrogens (tertiary/aromatic N) is 2. The molecule has 9 atom stereocenters. The lowest BCUT2D eigenvalue weighted by Gasteiger charge is -2.66. The van der Waals surface area contributed by atoms with Crippen molar-refractivity contribution in [3.8, 4) is 0 Å². The fourth-order valence-electron chi connectivity index (χ4n) is 7.92. The van der Waals surface area contributed by atoms with Gasteiger partial charge >= 0.3 is 17.9 Å². The third-order valence-electron chi connectivity index (χ3n) is 10.6. The third-order valence-corrected chi connectivity index (χ3v) is 10.6. The van der Waals surface area contributed by atoms with Crippen LogP contribution in [0, 0.1) is 22.7 Å². The Kier molecular flexibility index (Phi) is 6.97. The van der Waals surface area contributed by atoms with Gasteiger partial charge in [0, 0.05) is 41.5 Å². The van der Waals surface area contributed by atoms with Crippen LogP contribution in [0.4, 0.5) is 0 Å². The van der Waals surface area contributed by atoms with Crippen molar-refractivity contribution in [2.45, 2.75) is 77.0 Å². The van der Waals surface area contributed by atoms with Gasteiger partial charge in [0.25, 0.3) is 0 Å². The summed E-state index contributed by atoms with van der Waals surface area (Å²) in [6.45, 7) is 7.84. The normalized spacial score (nSPS) is 39.0. The highest BCUT2D eigenvalue weighted by Gasteiger charge is 2.73. The maximum absolute atomic E-state index is 13.6. The zero-order valence-corrected chi connectivity index (χ0v) is 24.2. The van der Waals surface area contributed by atoms with E-state index in [0.29, 0.717) is 12.8 Å². The molecule has 2 aromatic heterocycles. The molecule has 6 rings (SSSR count). The molecule has 4 aliphatic rings. The molecule has 0 amide bonds. The number of cyclic esters (lactones) is 1. The number of esters is 3. The topological polar surface area (TPSA) is 134 Å². The summed E-state index contributed by atoms with van der Waals surface area (Å²) in [5.74, 6) is -2.12. The summed E-state index contributed by atoms with van der Waals surface area (Å²) in [6.07, 6.45) is 6.35. The van der Waals surface area contributed by atoms with Gasteiger partial charge in [0.1, 0.15) is 5.60 Å². The van der Waals surface area contributed by atoms with Crippen LogP contribution in [0.3, 0.4) is 0 Å². The highest BCUT2D eigenvalue weighted by molar-refractivity contribution is 5.90. The zero-order chi connectivity index (χ0) is 29.9. The van der Waals surface area contributed by atoms with E-state index in [2.05, 4.69) is 16.0 Å². The molecule has 1 saturated carbocycles. The van der Waals surface area contributed by atoms with Gasteiger partial charge in [0.2, 0.25) is 0 Å². The Morgan fingerprint density at radius 3 is 2.19 bits per heavy atom. The minimum Gasteiger partial charge on any atom is -0.463 e. The number of carbonyl (C=O) groups is 3. The molecular weight excluding hydrogens is 540 g/mol. The second-order valence-electron chi connectivity index (χ2n) is 12.5. The molecule has 0 bridgehead atoms. The molecular formula is C32H36N2O8. The molecule has 0 spiro atoms. The van der Waals surface area contributed by atoms with E-state index in [0.717, 1.165) is 12.0 Å². The maximum atomic E-state index is 13.6. The van der Waals surface area contributed by atoms with Crippen molar-refractivity contribution in [2.75, 3.05) is 6.61 Å². The smallest absolute Gasteiger partial charge is 0.340 e.